The molecule has 2 aromatic rings. The zero-order valence-corrected chi connectivity index (χ0v) is 15.2. The third kappa shape index (κ3) is 3.93. The number of phenols is 1. The van der Waals surface area contributed by atoms with E-state index >= 15 is 0 Å². The second-order valence-electron chi connectivity index (χ2n) is 6.44. The Morgan fingerprint density at radius 1 is 0.923 bits per heavy atom. The Kier molecular flexibility index (Phi) is 5.66. The first-order valence-corrected chi connectivity index (χ1v) is 8.87. The molecule has 0 spiro atoms. The van der Waals surface area contributed by atoms with Gasteiger partial charge >= 0.3 is 0 Å². The molecule has 2 aliphatic heterocycles. The lowest BCUT2D eigenvalue weighted by atomic mass is 10.0. The predicted octanol–water partition coefficient (Wildman–Crippen LogP) is 4.43. The fourth-order valence-corrected chi connectivity index (χ4v) is 3.19. The van der Waals surface area contributed by atoms with E-state index in [9.17, 15) is 9.90 Å². The fourth-order valence-electron chi connectivity index (χ4n) is 3.19. The van der Waals surface area contributed by atoms with Gasteiger partial charge in [0.1, 0.15) is 5.78 Å². The number of Topliss-reactive ketones (excluding diaryl/α,β-unsaturated/α-hetero) is 1. The van der Waals surface area contributed by atoms with Crippen molar-refractivity contribution in [3.63, 3.8) is 0 Å². The molecule has 0 saturated carbocycles. The number of methoxy groups -OCH3 is 2. The average Bonchev–Trinajstić information content (AvgIpc) is 2.65. The maximum atomic E-state index is 12.1. The van der Waals surface area contributed by atoms with Gasteiger partial charge in [-0.05, 0) is 55.0 Å². The van der Waals surface area contributed by atoms with Gasteiger partial charge in [0.05, 0.1) is 14.2 Å². The minimum atomic E-state index is 0.0846. The molecule has 0 saturated heterocycles. The lowest BCUT2D eigenvalue weighted by Crippen LogP contribution is -2.01. The maximum Gasteiger partial charge on any atom is 0.203 e. The molecule has 0 aliphatic carbocycles. The summed E-state index contributed by atoms with van der Waals surface area (Å²) in [5, 5.41) is 10.5. The number of ether oxygens (including phenoxy) is 3. The number of hydrogen-bond donors (Lipinski definition) is 1. The summed E-state index contributed by atoms with van der Waals surface area (Å²) >= 11 is 0. The highest BCUT2D eigenvalue weighted by Gasteiger charge is 2.18. The molecule has 0 amide bonds. The summed E-state index contributed by atoms with van der Waals surface area (Å²) in [5.41, 5.74) is 1.79. The molecule has 0 unspecified atom stereocenters. The van der Waals surface area contributed by atoms with Gasteiger partial charge in [0, 0.05) is 12.8 Å². The quantitative estimate of drug-likeness (QED) is 0.862. The molecule has 0 aromatic heterocycles. The van der Waals surface area contributed by atoms with Crippen LogP contribution in [0.2, 0.25) is 0 Å². The van der Waals surface area contributed by atoms with Crippen LogP contribution in [-0.4, -0.2) is 25.1 Å². The zero-order chi connectivity index (χ0) is 18.5. The minimum Gasteiger partial charge on any atom is -0.504 e. The minimum absolute atomic E-state index is 0.0846. The molecular formula is C21H24O5. The van der Waals surface area contributed by atoms with E-state index in [4.69, 9.17) is 14.2 Å². The van der Waals surface area contributed by atoms with Gasteiger partial charge in [0.15, 0.2) is 23.0 Å². The van der Waals surface area contributed by atoms with Crippen LogP contribution in [0.25, 0.3) is 0 Å². The van der Waals surface area contributed by atoms with Crippen LogP contribution in [0.15, 0.2) is 30.3 Å². The first-order chi connectivity index (χ1) is 12.6. The van der Waals surface area contributed by atoms with Crippen LogP contribution in [0.5, 0.6) is 28.7 Å². The predicted molar refractivity (Wildman–Crippen MR) is 98.6 cm³/mol. The highest BCUT2D eigenvalue weighted by atomic mass is 16.5. The first-order valence-electron chi connectivity index (χ1n) is 8.87. The Morgan fingerprint density at radius 3 is 2.50 bits per heavy atom. The molecule has 2 heterocycles. The van der Waals surface area contributed by atoms with Crippen molar-refractivity contribution in [2.75, 3.05) is 14.2 Å². The molecule has 2 aromatic carbocycles. The molecule has 5 heteroatoms. The van der Waals surface area contributed by atoms with Gasteiger partial charge in [-0.3, -0.25) is 4.79 Å². The van der Waals surface area contributed by atoms with E-state index in [-0.39, 0.29) is 11.5 Å². The number of benzene rings is 2. The summed E-state index contributed by atoms with van der Waals surface area (Å²) < 4.78 is 16.8. The molecule has 0 fully saturated rings. The number of fused-ring (bicyclic) bond motifs is 8. The summed E-state index contributed by atoms with van der Waals surface area (Å²) in [6.07, 6.45) is 4.09. The van der Waals surface area contributed by atoms with Crippen LogP contribution in [0.4, 0.5) is 0 Å². The Hall–Kier alpha value is -2.69. The van der Waals surface area contributed by atoms with Crippen LogP contribution >= 0.6 is 0 Å². The Bertz CT molecular complexity index is 797. The second kappa shape index (κ2) is 8.13. The number of aromatic hydroxyl groups is 1. The van der Waals surface area contributed by atoms with Gasteiger partial charge in [0.25, 0.3) is 0 Å². The first kappa shape index (κ1) is 18.1. The van der Waals surface area contributed by atoms with E-state index in [1.807, 2.05) is 24.3 Å². The van der Waals surface area contributed by atoms with Gasteiger partial charge in [-0.15, -0.1) is 0 Å². The number of hydrogen-bond acceptors (Lipinski definition) is 5. The van der Waals surface area contributed by atoms with Gasteiger partial charge in [0.2, 0.25) is 5.75 Å². The highest BCUT2D eigenvalue weighted by Crippen LogP contribution is 2.43. The van der Waals surface area contributed by atoms with Gasteiger partial charge in [-0.25, -0.2) is 0 Å². The monoisotopic (exact) mass is 356 g/mol. The second-order valence-corrected chi connectivity index (χ2v) is 6.44. The van der Waals surface area contributed by atoms with Gasteiger partial charge < -0.3 is 19.3 Å². The fraction of sp³-hybridized carbons (Fsp3) is 0.381. The Morgan fingerprint density at radius 2 is 1.73 bits per heavy atom. The Balaban J connectivity index is 2.04. The number of aryl methyl sites for hydroxylation is 2. The smallest absolute Gasteiger partial charge is 0.203 e. The summed E-state index contributed by atoms with van der Waals surface area (Å²) in [5.74, 6) is 2.18. The van der Waals surface area contributed by atoms with Crippen molar-refractivity contribution in [2.45, 2.75) is 38.5 Å². The van der Waals surface area contributed by atoms with E-state index in [2.05, 4.69) is 0 Å². The zero-order valence-electron chi connectivity index (χ0n) is 15.2. The average molecular weight is 356 g/mol. The molecule has 2 aliphatic rings. The third-order valence-electron chi connectivity index (χ3n) is 4.68. The van der Waals surface area contributed by atoms with Crippen LogP contribution in [0.1, 0.15) is 36.8 Å². The van der Waals surface area contributed by atoms with Crippen LogP contribution in [0.3, 0.4) is 0 Å². The van der Waals surface area contributed by atoms with E-state index in [1.54, 1.807) is 13.2 Å². The van der Waals surface area contributed by atoms with Crippen LogP contribution in [0, 0.1) is 0 Å². The van der Waals surface area contributed by atoms with Gasteiger partial charge in [-0.2, -0.15) is 0 Å². The van der Waals surface area contributed by atoms with Crippen molar-refractivity contribution >= 4 is 5.78 Å². The molecule has 0 atom stereocenters. The summed E-state index contributed by atoms with van der Waals surface area (Å²) in [4.78, 5) is 12.1. The van der Waals surface area contributed by atoms with E-state index in [0.717, 1.165) is 24.0 Å². The van der Waals surface area contributed by atoms with Crippen molar-refractivity contribution in [3.05, 3.63) is 41.5 Å². The lowest BCUT2D eigenvalue weighted by molar-refractivity contribution is -0.119. The lowest BCUT2D eigenvalue weighted by Gasteiger charge is -2.16. The molecular weight excluding hydrogens is 332 g/mol. The number of carbonyl (C=O) groups excluding carboxylic acids is 1. The molecule has 4 rings (SSSR count). The van der Waals surface area contributed by atoms with E-state index in [1.165, 1.54) is 7.11 Å². The molecule has 26 heavy (non-hydrogen) atoms. The van der Waals surface area contributed by atoms with Crippen molar-refractivity contribution in [1.29, 1.82) is 0 Å². The van der Waals surface area contributed by atoms with Crippen molar-refractivity contribution in [1.82, 2.24) is 0 Å². The SMILES string of the molecule is COc1ccc2cc1Oc1ccc(c(O)c1OC)CCCCC(=O)CC2. The molecule has 0 radical (unpaired) electrons. The normalized spacial score (nSPS) is 14.9. The maximum absolute atomic E-state index is 12.1. The molecule has 4 bridgehead atoms. The number of phenolic OH excluding ortho intramolecular Hbond substituents is 1. The topological polar surface area (TPSA) is 65.0 Å². The Labute approximate surface area is 153 Å². The van der Waals surface area contributed by atoms with Crippen molar-refractivity contribution in [3.8, 4) is 28.7 Å². The standard InChI is InChI=1S/C21H24O5/c1-24-17-11-8-14-7-10-16(22)6-4-3-5-15-9-12-18(26-19(17)13-14)21(25-2)20(15)23/h8-9,11-13,23H,3-7,10H2,1-2H3. The van der Waals surface area contributed by atoms with Gasteiger partial charge in [-0.1, -0.05) is 12.1 Å². The highest BCUT2D eigenvalue weighted by molar-refractivity contribution is 5.78. The van der Waals surface area contributed by atoms with Crippen molar-refractivity contribution < 1.29 is 24.1 Å². The molecule has 5 nitrogen and oxygen atoms in total. The molecule has 1 N–H and O–H groups in total. The number of carbonyl (C=O) groups is 1. The summed E-state index contributed by atoms with van der Waals surface area (Å²) in [6.45, 7) is 0. The van der Waals surface area contributed by atoms with E-state index < -0.39 is 0 Å². The largest absolute Gasteiger partial charge is 0.504 e. The summed E-state index contributed by atoms with van der Waals surface area (Å²) in [6, 6.07) is 9.27. The molecule has 138 valence electrons. The summed E-state index contributed by atoms with van der Waals surface area (Å²) in [7, 11) is 3.08. The van der Waals surface area contributed by atoms with Crippen LogP contribution in [-0.2, 0) is 17.6 Å². The van der Waals surface area contributed by atoms with E-state index in [0.29, 0.717) is 48.7 Å². The van der Waals surface area contributed by atoms with Crippen LogP contribution < -0.4 is 14.2 Å². The third-order valence-corrected chi connectivity index (χ3v) is 4.68. The number of rotatable bonds is 2. The number of ketones is 1. The van der Waals surface area contributed by atoms with Crippen molar-refractivity contribution in [2.24, 2.45) is 0 Å².